The normalized spacial score (nSPS) is 13.8. The van der Waals surface area contributed by atoms with Gasteiger partial charge in [-0.15, -0.1) is 36.2 Å². The number of ether oxygens (including phenoxy) is 2. The van der Waals surface area contributed by atoms with Gasteiger partial charge in [-0.25, -0.2) is 4.39 Å². The lowest BCUT2D eigenvalue weighted by Gasteiger charge is -2.12. The van der Waals surface area contributed by atoms with Crippen molar-refractivity contribution in [2.24, 2.45) is 0 Å². The molecule has 6 rings (SSSR count). The first-order valence-corrected chi connectivity index (χ1v) is 15.2. The van der Waals surface area contributed by atoms with Crippen LogP contribution in [0.25, 0.3) is 20.7 Å². The summed E-state index contributed by atoms with van der Waals surface area (Å²) in [6.45, 7) is 1.72. The molecule has 0 aliphatic carbocycles. The maximum absolute atomic E-state index is 15.1. The van der Waals surface area contributed by atoms with Crippen molar-refractivity contribution in [1.82, 2.24) is 15.6 Å². The Bertz CT molecular complexity index is 1750. The third-order valence-corrected chi connectivity index (χ3v) is 8.39. The Morgan fingerprint density at radius 1 is 1.02 bits per heavy atom. The maximum atomic E-state index is 15.1. The van der Waals surface area contributed by atoms with Crippen molar-refractivity contribution in [3.05, 3.63) is 103 Å². The molecule has 12 heteroatoms. The number of carbonyl (C=O) groups excluding carboxylic acids is 1. The standard InChI is InChI=1S/C33H29FN4O3S2.2ClH/c34-26-18-23(37-33(42)38-31(39)17-21-5-2-1-3-6-21)10-13-28(26)41-29-14-16-36-27-19-30(43-32(27)29)22-8-11-25(12-9-22)40-20-24-7-4-15-35-24;;/h1-3,5-6,8-14,16,18-19,24,35H,4,7,15,17,20H2,(H2,37,38,39,42);2*1H/t24-;;/m0../s1. The van der Waals surface area contributed by atoms with Crippen LogP contribution >= 0.6 is 48.4 Å². The molecule has 0 saturated carbocycles. The van der Waals surface area contributed by atoms with Gasteiger partial charge in [-0.1, -0.05) is 30.3 Å². The average molecular weight is 686 g/mol. The number of benzene rings is 3. The van der Waals surface area contributed by atoms with E-state index in [2.05, 4.69) is 20.9 Å². The van der Waals surface area contributed by atoms with Gasteiger partial charge in [0.2, 0.25) is 5.91 Å². The summed E-state index contributed by atoms with van der Waals surface area (Å²) in [5.41, 5.74) is 3.06. The Kier molecular flexibility index (Phi) is 12.1. The minimum atomic E-state index is -0.575. The number of fused-ring (bicyclic) bond motifs is 1. The number of pyridine rings is 1. The van der Waals surface area contributed by atoms with E-state index in [1.54, 1.807) is 18.3 Å². The molecule has 1 aliphatic rings. The van der Waals surface area contributed by atoms with Gasteiger partial charge in [-0.05, 0) is 85.2 Å². The molecule has 1 aliphatic heterocycles. The molecule has 0 unspecified atom stereocenters. The molecule has 3 N–H and O–H groups in total. The predicted octanol–water partition coefficient (Wildman–Crippen LogP) is 7.92. The SMILES string of the molecule is Cl.Cl.O=C(Cc1ccccc1)NC(=S)Nc1ccc(Oc2ccnc3cc(-c4ccc(OC[C@@H]5CCCN5)cc4)sc23)c(F)c1. The molecular formula is C33H31Cl2FN4O3S2. The first-order chi connectivity index (χ1) is 21.0. The van der Waals surface area contributed by atoms with Gasteiger partial charge in [-0.2, -0.15) is 0 Å². The summed E-state index contributed by atoms with van der Waals surface area (Å²) in [6.07, 6.45) is 4.17. The van der Waals surface area contributed by atoms with Crippen LogP contribution < -0.4 is 25.4 Å². The number of thiophene rings is 1. The second-order valence-electron chi connectivity index (χ2n) is 10.2. The van der Waals surface area contributed by atoms with E-state index in [-0.39, 0.29) is 48.0 Å². The molecule has 45 heavy (non-hydrogen) atoms. The van der Waals surface area contributed by atoms with Gasteiger partial charge in [0.05, 0.1) is 16.6 Å². The molecule has 1 fully saturated rings. The number of hydrogen-bond donors (Lipinski definition) is 3. The second-order valence-corrected chi connectivity index (χ2v) is 11.6. The summed E-state index contributed by atoms with van der Waals surface area (Å²) in [5.74, 6) is 0.569. The average Bonchev–Trinajstić information content (AvgIpc) is 3.69. The molecule has 0 spiro atoms. The van der Waals surface area contributed by atoms with E-state index >= 15 is 4.39 Å². The highest BCUT2D eigenvalue weighted by Crippen LogP contribution is 2.40. The first kappa shape index (κ1) is 34.1. The summed E-state index contributed by atoms with van der Waals surface area (Å²) >= 11 is 6.76. The lowest BCUT2D eigenvalue weighted by molar-refractivity contribution is -0.119. The van der Waals surface area contributed by atoms with Gasteiger partial charge in [0.15, 0.2) is 16.7 Å². The van der Waals surface area contributed by atoms with Crippen molar-refractivity contribution in [3.8, 4) is 27.7 Å². The summed E-state index contributed by atoms with van der Waals surface area (Å²) in [5, 5.41) is 9.00. The highest BCUT2D eigenvalue weighted by Gasteiger charge is 2.16. The molecule has 0 bridgehead atoms. The minimum absolute atomic E-state index is 0. The lowest BCUT2D eigenvalue weighted by atomic mass is 10.1. The van der Waals surface area contributed by atoms with Crippen LogP contribution in [0, 0.1) is 5.82 Å². The number of nitrogens with zero attached hydrogens (tertiary/aromatic N) is 1. The van der Waals surface area contributed by atoms with E-state index in [1.165, 1.54) is 29.9 Å². The molecule has 234 valence electrons. The van der Waals surface area contributed by atoms with Crippen LogP contribution in [-0.2, 0) is 11.2 Å². The Labute approximate surface area is 282 Å². The molecule has 1 atom stereocenters. The molecule has 3 aromatic carbocycles. The number of halogens is 3. The van der Waals surface area contributed by atoms with E-state index in [0.29, 0.717) is 24.1 Å². The van der Waals surface area contributed by atoms with E-state index < -0.39 is 5.82 Å². The van der Waals surface area contributed by atoms with Crippen LogP contribution in [0.15, 0.2) is 91.1 Å². The Morgan fingerprint density at radius 3 is 2.56 bits per heavy atom. The van der Waals surface area contributed by atoms with E-state index in [9.17, 15) is 4.79 Å². The molecular weight excluding hydrogens is 654 g/mol. The quantitative estimate of drug-likeness (QED) is 0.136. The van der Waals surface area contributed by atoms with Crippen molar-refractivity contribution >= 4 is 75.3 Å². The number of hydrogen-bond acceptors (Lipinski definition) is 7. The zero-order chi connectivity index (χ0) is 29.6. The van der Waals surface area contributed by atoms with Crippen LogP contribution in [0.1, 0.15) is 18.4 Å². The van der Waals surface area contributed by atoms with Crippen molar-refractivity contribution in [2.75, 3.05) is 18.5 Å². The van der Waals surface area contributed by atoms with Gasteiger partial charge < -0.3 is 25.4 Å². The number of thiocarbonyl (C=S) groups is 1. The second kappa shape index (κ2) is 16.0. The molecule has 2 aromatic heterocycles. The van der Waals surface area contributed by atoms with Crippen molar-refractivity contribution < 1.29 is 18.7 Å². The van der Waals surface area contributed by atoms with Gasteiger partial charge in [0.25, 0.3) is 0 Å². The van der Waals surface area contributed by atoms with Crippen molar-refractivity contribution in [3.63, 3.8) is 0 Å². The monoisotopic (exact) mass is 684 g/mol. The Balaban J connectivity index is 0.00000230. The molecule has 0 radical (unpaired) electrons. The predicted molar refractivity (Wildman–Crippen MR) is 187 cm³/mol. The molecule has 5 aromatic rings. The van der Waals surface area contributed by atoms with Gasteiger partial charge in [0, 0.05) is 34.9 Å². The van der Waals surface area contributed by atoms with Crippen LogP contribution in [0.3, 0.4) is 0 Å². The van der Waals surface area contributed by atoms with Gasteiger partial charge in [0.1, 0.15) is 18.1 Å². The Morgan fingerprint density at radius 2 is 1.82 bits per heavy atom. The third-order valence-electron chi connectivity index (χ3n) is 7.00. The largest absolute Gasteiger partial charge is 0.492 e. The van der Waals surface area contributed by atoms with Crippen molar-refractivity contribution in [2.45, 2.75) is 25.3 Å². The Hall–Kier alpha value is -3.80. The molecule has 1 saturated heterocycles. The van der Waals surface area contributed by atoms with Crippen LogP contribution in [0.4, 0.5) is 10.1 Å². The van der Waals surface area contributed by atoms with Crippen molar-refractivity contribution in [1.29, 1.82) is 0 Å². The topological polar surface area (TPSA) is 84.5 Å². The number of amides is 1. The number of rotatable bonds is 9. The van der Waals surface area contributed by atoms with E-state index in [1.807, 2.05) is 60.7 Å². The number of aromatic nitrogens is 1. The van der Waals surface area contributed by atoms with E-state index in [0.717, 1.165) is 44.9 Å². The van der Waals surface area contributed by atoms with Crippen LogP contribution in [-0.4, -0.2) is 35.2 Å². The fourth-order valence-electron chi connectivity index (χ4n) is 4.84. The smallest absolute Gasteiger partial charge is 0.230 e. The fraction of sp³-hybridized carbons (Fsp3) is 0.182. The van der Waals surface area contributed by atoms with E-state index in [4.69, 9.17) is 21.7 Å². The highest BCUT2D eigenvalue weighted by atomic mass is 35.5. The lowest BCUT2D eigenvalue weighted by Crippen LogP contribution is -2.35. The van der Waals surface area contributed by atoms with Gasteiger partial charge >= 0.3 is 0 Å². The molecule has 1 amide bonds. The summed E-state index contributed by atoms with van der Waals surface area (Å²) in [4.78, 5) is 17.8. The number of nitrogens with one attached hydrogen (secondary N) is 3. The fourth-order valence-corrected chi connectivity index (χ4v) is 6.15. The third kappa shape index (κ3) is 8.90. The van der Waals surface area contributed by atoms with Crippen LogP contribution in [0.5, 0.6) is 17.2 Å². The first-order valence-electron chi connectivity index (χ1n) is 14.0. The molecule has 7 nitrogen and oxygen atoms in total. The number of carbonyl (C=O) groups is 1. The minimum Gasteiger partial charge on any atom is -0.492 e. The summed E-state index contributed by atoms with van der Waals surface area (Å²) in [7, 11) is 0. The summed E-state index contributed by atoms with van der Waals surface area (Å²) < 4.78 is 27.8. The van der Waals surface area contributed by atoms with Gasteiger partial charge in [-0.3, -0.25) is 9.78 Å². The molecule has 3 heterocycles. The number of anilines is 1. The van der Waals surface area contributed by atoms with Crippen LogP contribution in [0.2, 0.25) is 0 Å². The zero-order valence-corrected chi connectivity index (χ0v) is 27.2. The summed E-state index contributed by atoms with van der Waals surface area (Å²) in [6, 6.07) is 25.9. The maximum Gasteiger partial charge on any atom is 0.230 e. The highest BCUT2D eigenvalue weighted by molar-refractivity contribution is 7.80. The zero-order valence-electron chi connectivity index (χ0n) is 24.0.